The van der Waals surface area contributed by atoms with Gasteiger partial charge < -0.3 is 15.2 Å². The molecule has 0 saturated carbocycles. The molecule has 0 bridgehead atoms. The van der Waals surface area contributed by atoms with E-state index in [2.05, 4.69) is 31.0 Å². The molecule has 1 aliphatic heterocycles. The number of nitrogens with zero attached hydrogens (tertiary/aromatic N) is 1. The molecule has 4 heteroatoms. The molecule has 1 unspecified atom stereocenters. The van der Waals surface area contributed by atoms with Gasteiger partial charge in [0.15, 0.2) is 0 Å². The second kappa shape index (κ2) is 6.59. The van der Waals surface area contributed by atoms with Gasteiger partial charge in [0.1, 0.15) is 24.2 Å². The highest BCUT2D eigenvalue weighted by Crippen LogP contribution is 2.42. The molecule has 1 aromatic heterocycles. The van der Waals surface area contributed by atoms with Gasteiger partial charge in [-0.05, 0) is 43.0 Å². The maximum atomic E-state index is 6.09. The van der Waals surface area contributed by atoms with Crippen LogP contribution in [0.2, 0.25) is 0 Å². The number of pyridine rings is 1. The van der Waals surface area contributed by atoms with Gasteiger partial charge in [0, 0.05) is 23.4 Å². The van der Waals surface area contributed by atoms with Crippen molar-refractivity contribution in [2.24, 2.45) is 11.7 Å². The van der Waals surface area contributed by atoms with Crippen molar-refractivity contribution in [3.05, 3.63) is 42.2 Å². The molecule has 2 N–H and O–H groups in total. The van der Waals surface area contributed by atoms with Crippen molar-refractivity contribution in [3.8, 4) is 22.6 Å². The van der Waals surface area contributed by atoms with Crippen LogP contribution in [0.25, 0.3) is 11.1 Å². The number of nitrogens with two attached hydrogens (primary N) is 1. The molecule has 1 aliphatic rings. The number of aromatic nitrogens is 1. The van der Waals surface area contributed by atoms with Gasteiger partial charge in [-0.3, -0.25) is 4.98 Å². The van der Waals surface area contributed by atoms with Crippen molar-refractivity contribution in [1.82, 2.24) is 4.98 Å². The van der Waals surface area contributed by atoms with Gasteiger partial charge in [-0.1, -0.05) is 19.9 Å². The summed E-state index contributed by atoms with van der Waals surface area (Å²) in [5.41, 5.74) is 9.49. The van der Waals surface area contributed by atoms with E-state index in [1.165, 1.54) is 5.56 Å². The van der Waals surface area contributed by atoms with E-state index in [1.807, 2.05) is 19.1 Å². The van der Waals surface area contributed by atoms with Crippen molar-refractivity contribution in [2.45, 2.75) is 39.3 Å². The van der Waals surface area contributed by atoms with E-state index in [0.29, 0.717) is 12.5 Å². The van der Waals surface area contributed by atoms with E-state index < -0.39 is 0 Å². The Kier molecular flexibility index (Phi) is 4.53. The van der Waals surface area contributed by atoms with Gasteiger partial charge >= 0.3 is 0 Å². The van der Waals surface area contributed by atoms with Crippen LogP contribution in [0, 0.1) is 5.92 Å². The normalized spacial score (nSPS) is 17.2. The lowest BCUT2D eigenvalue weighted by molar-refractivity contribution is 0.220. The van der Waals surface area contributed by atoms with E-state index in [9.17, 15) is 0 Å². The fourth-order valence-corrected chi connectivity index (χ4v) is 3.04. The van der Waals surface area contributed by atoms with Crippen LogP contribution in [-0.2, 0) is 0 Å². The summed E-state index contributed by atoms with van der Waals surface area (Å²) < 4.78 is 11.8. The first-order valence-electron chi connectivity index (χ1n) is 8.18. The molecule has 0 spiro atoms. The number of benzene rings is 1. The Morgan fingerprint density at radius 1 is 1.26 bits per heavy atom. The first-order chi connectivity index (χ1) is 11.0. The predicted octanol–water partition coefficient (Wildman–Crippen LogP) is 3.95. The van der Waals surface area contributed by atoms with Crippen molar-refractivity contribution < 1.29 is 9.47 Å². The van der Waals surface area contributed by atoms with Crippen LogP contribution in [0.5, 0.6) is 11.5 Å². The minimum absolute atomic E-state index is 0.0189. The van der Waals surface area contributed by atoms with Crippen LogP contribution in [0.1, 0.15) is 38.9 Å². The van der Waals surface area contributed by atoms with E-state index in [1.54, 1.807) is 12.4 Å². The lowest BCUT2D eigenvalue weighted by Gasteiger charge is -2.26. The molecule has 0 amide bonds. The second-order valence-electron chi connectivity index (χ2n) is 6.58. The highest BCUT2D eigenvalue weighted by molar-refractivity contribution is 5.75. The molecule has 4 nitrogen and oxygen atoms in total. The number of fused-ring (bicyclic) bond motifs is 3. The molecule has 3 rings (SSSR count). The Labute approximate surface area is 137 Å². The average molecular weight is 312 g/mol. The van der Waals surface area contributed by atoms with E-state index in [4.69, 9.17) is 15.2 Å². The summed E-state index contributed by atoms with van der Waals surface area (Å²) in [4.78, 5) is 4.13. The Balaban J connectivity index is 1.79. The van der Waals surface area contributed by atoms with Gasteiger partial charge in [0.25, 0.3) is 0 Å². The maximum Gasteiger partial charge on any atom is 0.146 e. The summed E-state index contributed by atoms with van der Waals surface area (Å²) in [6.45, 7) is 6.92. The highest BCUT2D eigenvalue weighted by Gasteiger charge is 2.23. The highest BCUT2D eigenvalue weighted by atomic mass is 16.5. The van der Waals surface area contributed by atoms with E-state index in [-0.39, 0.29) is 12.1 Å². The zero-order valence-corrected chi connectivity index (χ0v) is 14.0. The fourth-order valence-electron chi connectivity index (χ4n) is 3.04. The summed E-state index contributed by atoms with van der Waals surface area (Å²) in [7, 11) is 0. The summed E-state index contributed by atoms with van der Waals surface area (Å²) in [6, 6.07) is 8.20. The number of hydrogen-bond donors (Lipinski definition) is 1. The van der Waals surface area contributed by atoms with Crippen LogP contribution in [0.15, 0.2) is 36.7 Å². The van der Waals surface area contributed by atoms with Gasteiger partial charge in [-0.2, -0.15) is 0 Å². The SMILES string of the molecule is CC(C)C[C@H](N)COc1ccc2c(c1)C(C)Oc1cnccc1-2. The van der Waals surface area contributed by atoms with Crippen molar-refractivity contribution in [3.63, 3.8) is 0 Å². The lowest BCUT2D eigenvalue weighted by Crippen LogP contribution is -2.29. The predicted molar refractivity (Wildman–Crippen MR) is 91.6 cm³/mol. The van der Waals surface area contributed by atoms with Crippen LogP contribution >= 0.6 is 0 Å². The fraction of sp³-hybridized carbons (Fsp3) is 0.421. The van der Waals surface area contributed by atoms with Crippen LogP contribution in [0.4, 0.5) is 0 Å². The van der Waals surface area contributed by atoms with Gasteiger partial charge in [0.05, 0.1) is 6.20 Å². The monoisotopic (exact) mass is 312 g/mol. The maximum absolute atomic E-state index is 6.09. The molecule has 2 atom stereocenters. The van der Waals surface area contributed by atoms with Crippen LogP contribution in [-0.4, -0.2) is 17.6 Å². The number of hydrogen-bond acceptors (Lipinski definition) is 4. The van der Waals surface area contributed by atoms with Gasteiger partial charge in [-0.25, -0.2) is 0 Å². The molecule has 0 fully saturated rings. The third-order valence-corrected chi connectivity index (χ3v) is 4.08. The first-order valence-corrected chi connectivity index (χ1v) is 8.18. The quantitative estimate of drug-likeness (QED) is 0.908. The molecular weight excluding hydrogens is 288 g/mol. The summed E-state index contributed by atoms with van der Waals surface area (Å²) in [6.07, 6.45) is 4.50. The third-order valence-electron chi connectivity index (χ3n) is 4.08. The minimum atomic E-state index is -0.0189. The Morgan fingerprint density at radius 3 is 2.87 bits per heavy atom. The molecular formula is C19H24N2O2. The molecule has 1 aromatic carbocycles. The standard InChI is InChI=1S/C19H24N2O2/c1-12(2)8-14(20)11-22-15-4-5-16-17-6-7-21-10-19(17)23-13(3)18(16)9-15/h4-7,9-10,12-14H,8,11,20H2,1-3H3/t13?,14-/m0/s1. The van der Waals surface area contributed by atoms with Crippen molar-refractivity contribution >= 4 is 0 Å². The van der Waals surface area contributed by atoms with Crippen molar-refractivity contribution in [1.29, 1.82) is 0 Å². The average Bonchev–Trinajstić information content (AvgIpc) is 2.52. The second-order valence-corrected chi connectivity index (χ2v) is 6.58. The lowest BCUT2D eigenvalue weighted by atomic mass is 9.94. The minimum Gasteiger partial charge on any atom is -0.492 e. The van der Waals surface area contributed by atoms with Crippen LogP contribution < -0.4 is 15.2 Å². The topological polar surface area (TPSA) is 57.4 Å². The molecule has 0 radical (unpaired) electrons. The molecule has 0 saturated heterocycles. The summed E-state index contributed by atoms with van der Waals surface area (Å²) >= 11 is 0. The molecule has 2 heterocycles. The Bertz CT molecular complexity index is 685. The first kappa shape index (κ1) is 15.8. The summed E-state index contributed by atoms with van der Waals surface area (Å²) in [5, 5.41) is 0. The summed E-state index contributed by atoms with van der Waals surface area (Å²) in [5.74, 6) is 2.26. The Hall–Kier alpha value is -2.07. The molecule has 0 aliphatic carbocycles. The zero-order valence-electron chi connectivity index (χ0n) is 14.0. The number of ether oxygens (including phenoxy) is 2. The largest absolute Gasteiger partial charge is 0.492 e. The Morgan fingerprint density at radius 2 is 2.09 bits per heavy atom. The van der Waals surface area contributed by atoms with E-state index in [0.717, 1.165) is 29.0 Å². The zero-order chi connectivity index (χ0) is 16.4. The van der Waals surface area contributed by atoms with Gasteiger partial charge in [-0.15, -0.1) is 0 Å². The number of rotatable bonds is 5. The third kappa shape index (κ3) is 3.48. The molecule has 2 aromatic rings. The molecule has 122 valence electrons. The van der Waals surface area contributed by atoms with E-state index >= 15 is 0 Å². The smallest absolute Gasteiger partial charge is 0.146 e. The van der Waals surface area contributed by atoms with Crippen LogP contribution in [0.3, 0.4) is 0 Å². The molecule has 23 heavy (non-hydrogen) atoms. The van der Waals surface area contributed by atoms with Crippen molar-refractivity contribution in [2.75, 3.05) is 6.61 Å². The van der Waals surface area contributed by atoms with Gasteiger partial charge in [0.2, 0.25) is 0 Å².